The number of allylic oxidation sites excluding steroid dienone is 1. The Morgan fingerprint density at radius 3 is 1.57 bits per heavy atom. The lowest BCUT2D eigenvalue weighted by molar-refractivity contribution is -0.873. The molecule has 0 aromatic heterocycles. The van der Waals surface area contributed by atoms with Gasteiger partial charge >= 0.3 is 11.9 Å². The summed E-state index contributed by atoms with van der Waals surface area (Å²) in [6, 6.07) is 0. The molecule has 0 heterocycles. The van der Waals surface area contributed by atoms with E-state index in [-0.39, 0.29) is 18.8 Å². The Labute approximate surface area is 242 Å². The Morgan fingerprint density at radius 1 is 0.675 bits per heavy atom. The molecule has 40 heavy (non-hydrogen) atoms. The molecule has 10 heteroatoms. The maximum atomic E-state index is 11.7. The fourth-order valence-electron chi connectivity index (χ4n) is 3.89. The third-order valence-corrected chi connectivity index (χ3v) is 5.59. The third kappa shape index (κ3) is 30.1. The maximum Gasteiger partial charge on any atom is 0.330 e. The van der Waals surface area contributed by atoms with E-state index in [9.17, 15) is 29.4 Å². The summed E-state index contributed by atoms with van der Waals surface area (Å²) in [5.74, 6) is -3.18. The lowest BCUT2D eigenvalue weighted by atomic mass is 10.1. The number of unbranched alkanes of at least 4 members (excludes halogenated alkanes) is 7. The van der Waals surface area contributed by atoms with Crippen LogP contribution in [0.1, 0.15) is 90.9 Å². The molecule has 0 radical (unpaired) electrons. The molecular formula is C30H56N2O8. The van der Waals surface area contributed by atoms with Crippen molar-refractivity contribution in [1.82, 2.24) is 0 Å². The van der Waals surface area contributed by atoms with Crippen molar-refractivity contribution in [3.05, 3.63) is 12.2 Å². The lowest BCUT2D eigenvalue weighted by Gasteiger charge is -2.29. The molecule has 10 nitrogen and oxygen atoms in total. The molecule has 0 aliphatic carbocycles. The van der Waals surface area contributed by atoms with Crippen molar-refractivity contribution in [3.63, 3.8) is 0 Å². The van der Waals surface area contributed by atoms with Crippen LogP contribution in [0, 0.1) is 0 Å². The minimum absolute atomic E-state index is 0.239. The second-order valence-corrected chi connectivity index (χ2v) is 12.3. The molecule has 0 bridgehead atoms. The van der Waals surface area contributed by atoms with Gasteiger partial charge < -0.3 is 38.2 Å². The van der Waals surface area contributed by atoms with Crippen molar-refractivity contribution >= 4 is 23.9 Å². The van der Waals surface area contributed by atoms with Gasteiger partial charge in [0, 0.05) is 37.3 Å². The van der Waals surface area contributed by atoms with Crippen molar-refractivity contribution in [2.45, 2.75) is 103 Å². The Kier molecular flexibility index (Phi) is 22.1. The third-order valence-electron chi connectivity index (χ3n) is 5.59. The van der Waals surface area contributed by atoms with Gasteiger partial charge in [-0.1, -0.05) is 58.4 Å². The number of hydrogen-bond donors (Lipinski definition) is 0. The number of carboxylic acid groups (broad SMARTS) is 2. The molecule has 2 unspecified atom stereocenters. The van der Waals surface area contributed by atoms with Crippen LogP contribution in [-0.2, 0) is 28.7 Å². The highest BCUT2D eigenvalue weighted by atomic mass is 16.5. The molecule has 0 aliphatic heterocycles. The van der Waals surface area contributed by atoms with E-state index in [2.05, 4.69) is 13.8 Å². The second-order valence-electron chi connectivity index (χ2n) is 12.3. The highest BCUT2D eigenvalue weighted by Crippen LogP contribution is 2.10. The Morgan fingerprint density at radius 2 is 1.12 bits per heavy atom. The van der Waals surface area contributed by atoms with Gasteiger partial charge in [0.2, 0.25) is 0 Å². The summed E-state index contributed by atoms with van der Waals surface area (Å²) in [5, 5.41) is 21.4. The summed E-state index contributed by atoms with van der Waals surface area (Å²) in [6.45, 7) is 5.16. The maximum absolute atomic E-state index is 11.7. The van der Waals surface area contributed by atoms with E-state index in [4.69, 9.17) is 9.47 Å². The molecule has 0 saturated carbocycles. The number of ether oxygens (including phenoxy) is 2. The van der Waals surface area contributed by atoms with Gasteiger partial charge in [0.05, 0.1) is 42.3 Å². The monoisotopic (exact) mass is 572 g/mol. The number of quaternary nitrogens is 2. The summed E-state index contributed by atoms with van der Waals surface area (Å²) >= 11 is 0. The minimum atomic E-state index is -1.21. The highest BCUT2D eigenvalue weighted by molar-refractivity contribution is 5.82. The molecule has 0 N–H and O–H groups in total. The predicted octanol–water partition coefficient (Wildman–Crippen LogP) is 1.99. The number of carboxylic acids is 2. The van der Waals surface area contributed by atoms with Crippen LogP contribution >= 0.6 is 0 Å². The van der Waals surface area contributed by atoms with Gasteiger partial charge in [-0.25, -0.2) is 4.79 Å². The molecule has 0 aliphatic rings. The number of carbonyl (C=O) groups excluding carboxylic acids is 4. The number of carbonyl (C=O) groups is 4. The van der Waals surface area contributed by atoms with E-state index >= 15 is 0 Å². The smallest absolute Gasteiger partial charge is 0.330 e. The van der Waals surface area contributed by atoms with Gasteiger partial charge in [-0.15, -0.1) is 0 Å². The van der Waals surface area contributed by atoms with E-state index in [1.54, 1.807) is 6.08 Å². The van der Waals surface area contributed by atoms with Crippen LogP contribution in [0.4, 0.5) is 0 Å². The van der Waals surface area contributed by atoms with Gasteiger partial charge in [-0.3, -0.25) is 4.79 Å². The minimum Gasteiger partial charge on any atom is -0.550 e. The Hall–Kier alpha value is -2.46. The number of likely N-dealkylation sites (N-methyl/N-ethyl adjacent to an activating group) is 2. The van der Waals surface area contributed by atoms with E-state index in [1.165, 1.54) is 18.9 Å². The fraction of sp³-hybridized carbons (Fsp3) is 0.800. The zero-order valence-corrected chi connectivity index (χ0v) is 26.4. The molecule has 0 aromatic rings. The topological polar surface area (TPSA) is 133 Å². The van der Waals surface area contributed by atoms with Gasteiger partial charge in [0.25, 0.3) is 0 Å². The van der Waals surface area contributed by atoms with Crippen LogP contribution < -0.4 is 10.2 Å². The molecule has 0 aromatic carbocycles. The zero-order chi connectivity index (χ0) is 31.2. The SMILES string of the molecule is CCCCCC=CC(=O)OC(CC(=O)[O-])C[N+](C)(C)C.CCCCCCCC(=O)OC(CC(=O)[O-])C[N+](C)(C)C. The van der Waals surface area contributed by atoms with Crippen molar-refractivity contribution in [3.8, 4) is 0 Å². The number of hydrogen-bond acceptors (Lipinski definition) is 8. The van der Waals surface area contributed by atoms with Crippen LogP contribution in [0.25, 0.3) is 0 Å². The van der Waals surface area contributed by atoms with Crippen molar-refractivity contribution in [2.75, 3.05) is 55.4 Å². The molecule has 0 amide bonds. The van der Waals surface area contributed by atoms with E-state index < -0.39 is 30.1 Å². The van der Waals surface area contributed by atoms with Crippen molar-refractivity contribution in [2.24, 2.45) is 0 Å². The number of rotatable bonds is 21. The quantitative estimate of drug-likeness (QED) is 0.0883. The Bertz CT molecular complexity index is 754. The molecule has 0 spiro atoms. The number of esters is 2. The molecule has 0 rings (SSSR count). The second kappa shape index (κ2) is 22.3. The molecule has 0 saturated heterocycles. The molecule has 0 fully saturated rings. The van der Waals surface area contributed by atoms with Crippen LogP contribution in [-0.4, -0.2) is 100 Å². The van der Waals surface area contributed by atoms with E-state index in [0.29, 0.717) is 28.5 Å². The van der Waals surface area contributed by atoms with Crippen molar-refractivity contribution < 1.29 is 47.8 Å². The van der Waals surface area contributed by atoms with Crippen LogP contribution in [0.15, 0.2) is 12.2 Å². The Balaban J connectivity index is 0. The lowest BCUT2D eigenvalue weighted by Crippen LogP contribution is -2.45. The first-order chi connectivity index (χ1) is 18.5. The first-order valence-corrected chi connectivity index (χ1v) is 14.6. The summed E-state index contributed by atoms with van der Waals surface area (Å²) in [7, 11) is 11.5. The predicted molar refractivity (Wildman–Crippen MR) is 151 cm³/mol. The van der Waals surface area contributed by atoms with Gasteiger partial charge in [-0.05, 0) is 19.3 Å². The van der Waals surface area contributed by atoms with Crippen LogP contribution in [0.5, 0.6) is 0 Å². The van der Waals surface area contributed by atoms with E-state index in [0.717, 1.165) is 44.9 Å². The van der Waals surface area contributed by atoms with E-state index in [1.807, 2.05) is 42.3 Å². The summed E-state index contributed by atoms with van der Waals surface area (Å²) < 4.78 is 11.5. The largest absolute Gasteiger partial charge is 0.550 e. The number of aliphatic carboxylic acids is 2. The van der Waals surface area contributed by atoms with Gasteiger partial charge in [-0.2, -0.15) is 0 Å². The summed E-state index contributed by atoms with van der Waals surface area (Å²) in [4.78, 5) is 44.7. The normalized spacial score (nSPS) is 13.2. The van der Waals surface area contributed by atoms with Crippen LogP contribution in [0.3, 0.4) is 0 Å². The molecular weight excluding hydrogens is 516 g/mol. The average Bonchev–Trinajstić information content (AvgIpc) is 2.76. The first-order valence-electron chi connectivity index (χ1n) is 14.6. The highest BCUT2D eigenvalue weighted by Gasteiger charge is 2.23. The zero-order valence-electron chi connectivity index (χ0n) is 26.4. The van der Waals surface area contributed by atoms with Gasteiger partial charge in [0.1, 0.15) is 13.1 Å². The molecule has 234 valence electrons. The first kappa shape index (κ1) is 39.7. The van der Waals surface area contributed by atoms with Gasteiger partial charge in [0.15, 0.2) is 12.2 Å². The number of nitrogens with zero attached hydrogens (tertiary/aromatic N) is 2. The van der Waals surface area contributed by atoms with Crippen molar-refractivity contribution in [1.29, 1.82) is 0 Å². The summed E-state index contributed by atoms with van der Waals surface area (Å²) in [6.07, 6.45) is 11.2. The summed E-state index contributed by atoms with van der Waals surface area (Å²) in [5.41, 5.74) is 0. The standard InChI is InChI=1S/C15H29NO4.C15H27NO4/c2*1-5-6-7-8-9-10-15(19)20-13(11-14(17)18)12-16(2,3)4/h13H,5-12H2,1-4H3;9-10,13H,5-8,11-12H2,1-4H3. The average molecular weight is 573 g/mol. The van der Waals surface area contributed by atoms with Crippen LogP contribution in [0.2, 0.25) is 0 Å². The fourth-order valence-corrected chi connectivity index (χ4v) is 3.89. The molecule has 2 atom stereocenters.